The van der Waals surface area contributed by atoms with Gasteiger partial charge >= 0.3 is 5.97 Å². The van der Waals surface area contributed by atoms with Crippen molar-refractivity contribution in [3.8, 4) is 11.8 Å². The molecular formula is C21H23NO4S. The van der Waals surface area contributed by atoms with Crippen LogP contribution < -0.4 is 0 Å². The molecule has 27 heavy (non-hydrogen) atoms. The summed E-state index contributed by atoms with van der Waals surface area (Å²) in [5, 5.41) is 0. The fourth-order valence-electron chi connectivity index (χ4n) is 3.00. The lowest BCUT2D eigenvalue weighted by Gasteiger charge is -2.44. The molecule has 0 atom stereocenters. The number of carbonyl (C=O) groups excluding carboxylic acids is 1. The number of carbonyl (C=O) groups is 1. The van der Waals surface area contributed by atoms with Gasteiger partial charge < -0.3 is 4.74 Å². The summed E-state index contributed by atoms with van der Waals surface area (Å²) in [7, 11) is -2.72. The van der Waals surface area contributed by atoms with E-state index in [1.54, 1.807) is 31.2 Å². The summed E-state index contributed by atoms with van der Waals surface area (Å²) >= 11 is 0. The van der Waals surface area contributed by atoms with Gasteiger partial charge in [-0.05, 0) is 60.6 Å². The average molecular weight is 385 g/mol. The maximum Gasteiger partial charge on any atom is 0.339 e. The van der Waals surface area contributed by atoms with E-state index in [0.717, 1.165) is 17.5 Å². The molecule has 0 aliphatic carbocycles. The van der Waals surface area contributed by atoms with E-state index in [2.05, 4.69) is 30.7 Å². The minimum Gasteiger partial charge on any atom is -0.462 e. The largest absolute Gasteiger partial charge is 0.462 e. The lowest BCUT2D eigenvalue weighted by Crippen LogP contribution is -2.28. The molecule has 0 saturated heterocycles. The van der Waals surface area contributed by atoms with Gasteiger partial charge in [0, 0.05) is 17.5 Å². The van der Waals surface area contributed by atoms with E-state index < -0.39 is 16.6 Å². The van der Waals surface area contributed by atoms with Crippen molar-refractivity contribution >= 4 is 16.6 Å². The molecule has 2 heterocycles. The molecule has 0 saturated carbocycles. The van der Waals surface area contributed by atoms with Crippen molar-refractivity contribution in [2.45, 2.75) is 37.5 Å². The second-order valence-electron chi connectivity index (χ2n) is 7.12. The van der Waals surface area contributed by atoms with E-state index in [1.165, 1.54) is 6.20 Å². The third kappa shape index (κ3) is 4.16. The summed E-state index contributed by atoms with van der Waals surface area (Å²) in [6.45, 7) is 6.28. The molecule has 0 fully saturated rings. The van der Waals surface area contributed by atoms with Crippen LogP contribution in [0.15, 0.2) is 41.4 Å². The number of aromatic nitrogens is 1. The highest BCUT2D eigenvalue weighted by atomic mass is 32.3. The SMILES string of the molecule is CCOC(=O)c1ccc(C#Cc2ccc3c(c2)C(C)(C)CCS3(O)O)nc1. The predicted octanol–water partition coefficient (Wildman–Crippen LogP) is 4.45. The molecule has 0 amide bonds. The molecule has 0 radical (unpaired) electrons. The van der Waals surface area contributed by atoms with Gasteiger partial charge in [0.05, 0.1) is 17.1 Å². The van der Waals surface area contributed by atoms with Crippen molar-refractivity contribution < 1.29 is 18.6 Å². The standard InChI is InChI=1S/C21H23NO4S/c1-4-26-20(23)16-7-9-17(22-14-16)8-5-15-6-10-19-18(13-15)21(2,3)11-12-27(19,24)25/h6-7,9-10,13-14,24-25H,4,11-12H2,1-3H3. The Kier molecular flexibility index (Phi) is 5.29. The molecule has 142 valence electrons. The van der Waals surface area contributed by atoms with Crippen LogP contribution in [0.2, 0.25) is 0 Å². The molecule has 0 unspecified atom stereocenters. The van der Waals surface area contributed by atoms with Gasteiger partial charge in [0.2, 0.25) is 0 Å². The van der Waals surface area contributed by atoms with Crippen molar-refractivity contribution in [3.05, 3.63) is 58.9 Å². The Hall–Kier alpha value is -2.33. The molecule has 3 rings (SSSR count). The zero-order valence-electron chi connectivity index (χ0n) is 15.7. The van der Waals surface area contributed by atoms with Crippen molar-refractivity contribution in [3.63, 3.8) is 0 Å². The van der Waals surface area contributed by atoms with Crippen molar-refractivity contribution in [2.24, 2.45) is 0 Å². The van der Waals surface area contributed by atoms with E-state index >= 15 is 0 Å². The molecule has 1 aliphatic rings. The lowest BCUT2D eigenvalue weighted by molar-refractivity contribution is 0.0526. The first-order chi connectivity index (χ1) is 12.7. The molecule has 2 aromatic rings. The predicted molar refractivity (Wildman–Crippen MR) is 106 cm³/mol. The van der Waals surface area contributed by atoms with Gasteiger partial charge in [-0.2, -0.15) is 10.6 Å². The first kappa shape index (κ1) is 19.4. The topological polar surface area (TPSA) is 79.7 Å². The Morgan fingerprint density at radius 1 is 1.26 bits per heavy atom. The third-order valence-corrected chi connectivity index (χ3v) is 6.52. The van der Waals surface area contributed by atoms with E-state index in [-0.39, 0.29) is 5.41 Å². The second-order valence-corrected chi connectivity index (χ2v) is 9.30. The van der Waals surface area contributed by atoms with Crippen molar-refractivity contribution in [1.29, 1.82) is 0 Å². The fraction of sp³-hybridized carbons (Fsp3) is 0.333. The summed E-state index contributed by atoms with van der Waals surface area (Å²) in [6.07, 6.45) is 2.17. The van der Waals surface area contributed by atoms with Gasteiger partial charge in [-0.25, -0.2) is 9.78 Å². The summed E-state index contributed by atoms with van der Waals surface area (Å²) in [6, 6.07) is 8.82. The minimum atomic E-state index is -2.72. The van der Waals surface area contributed by atoms with Gasteiger partial charge in [0.1, 0.15) is 5.69 Å². The first-order valence-corrected chi connectivity index (χ1v) is 10.5. The summed E-state index contributed by atoms with van der Waals surface area (Å²) < 4.78 is 25.6. The Labute approximate surface area is 161 Å². The van der Waals surface area contributed by atoms with Crippen LogP contribution in [0.3, 0.4) is 0 Å². The molecule has 1 aliphatic heterocycles. The number of ether oxygens (including phenoxy) is 1. The monoisotopic (exact) mass is 385 g/mol. The average Bonchev–Trinajstić information content (AvgIpc) is 2.64. The Bertz CT molecular complexity index is 923. The van der Waals surface area contributed by atoms with E-state index in [9.17, 15) is 13.9 Å². The molecule has 5 nitrogen and oxygen atoms in total. The molecule has 1 aromatic heterocycles. The van der Waals surface area contributed by atoms with Crippen LogP contribution in [0, 0.1) is 11.8 Å². The molecule has 0 bridgehead atoms. The van der Waals surface area contributed by atoms with Crippen LogP contribution in [-0.2, 0) is 10.2 Å². The minimum absolute atomic E-state index is 0.130. The van der Waals surface area contributed by atoms with Gasteiger partial charge in [-0.1, -0.05) is 19.8 Å². The molecule has 0 spiro atoms. The zero-order chi connectivity index (χ0) is 19.7. The Morgan fingerprint density at radius 3 is 2.70 bits per heavy atom. The zero-order valence-corrected chi connectivity index (χ0v) is 16.5. The number of hydrogen-bond acceptors (Lipinski definition) is 5. The first-order valence-electron chi connectivity index (χ1n) is 8.78. The summed E-state index contributed by atoms with van der Waals surface area (Å²) in [5.41, 5.74) is 2.53. The van der Waals surface area contributed by atoms with E-state index in [0.29, 0.717) is 28.5 Å². The van der Waals surface area contributed by atoms with Crippen molar-refractivity contribution in [1.82, 2.24) is 4.98 Å². The Morgan fingerprint density at radius 2 is 2.04 bits per heavy atom. The molecular weight excluding hydrogens is 362 g/mol. The number of hydrogen-bond donors (Lipinski definition) is 2. The van der Waals surface area contributed by atoms with Crippen LogP contribution in [0.1, 0.15) is 54.4 Å². The van der Waals surface area contributed by atoms with Gasteiger partial charge in [0.15, 0.2) is 0 Å². The normalized spacial score (nSPS) is 17.8. The van der Waals surface area contributed by atoms with Crippen LogP contribution >= 0.6 is 10.6 Å². The molecule has 1 aromatic carbocycles. The molecule has 6 heteroatoms. The van der Waals surface area contributed by atoms with Crippen LogP contribution in [-0.4, -0.2) is 32.4 Å². The van der Waals surface area contributed by atoms with E-state index in [4.69, 9.17) is 4.74 Å². The van der Waals surface area contributed by atoms with Crippen LogP contribution in [0.5, 0.6) is 0 Å². The molecule has 2 N–H and O–H groups in total. The highest BCUT2D eigenvalue weighted by Gasteiger charge is 2.35. The highest BCUT2D eigenvalue weighted by molar-refractivity contribution is 8.24. The number of benzene rings is 1. The number of rotatable bonds is 2. The van der Waals surface area contributed by atoms with Gasteiger partial charge in [-0.15, -0.1) is 0 Å². The number of pyridine rings is 1. The number of nitrogens with zero attached hydrogens (tertiary/aromatic N) is 1. The van der Waals surface area contributed by atoms with E-state index in [1.807, 2.05) is 6.07 Å². The quantitative estimate of drug-likeness (QED) is 0.590. The maximum absolute atomic E-state index is 11.6. The van der Waals surface area contributed by atoms with Crippen LogP contribution in [0.25, 0.3) is 0 Å². The maximum atomic E-state index is 11.6. The highest BCUT2D eigenvalue weighted by Crippen LogP contribution is 2.57. The van der Waals surface area contributed by atoms with Gasteiger partial charge in [-0.3, -0.25) is 9.11 Å². The third-order valence-electron chi connectivity index (χ3n) is 4.68. The smallest absolute Gasteiger partial charge is 0.339 e. The summed E-state index contributed by atoms with van der Waals surface area (Å²) in [4.78, 5) is 16.5. The number of fused-ring (bicyclic) bond motifs is 1. The lowest BCUT2D eigenvalue weighted by atomic mass is 9.81. The van der Waals surface area contributed by atoms with Gasteiger partial charge in [0.25, 0.3) is 0 Å². The number of esters is 1. The van der Waals surface area contributed by atoms with Crippen LogP contribution in [0.4, 0.5) is 0 Å². The Balaban J connectivity index is 1.87. The van der Waals surface area contributed by atoms with Crippen molar-refractivity contribution in [2.75, 3.05) is 12.4 Å². The summed E-state index contributed by atoms with van der Waals surface area (Å²) in [5.74, 6) is 6.05. The second kappa shape index (κ2) is 7.35. The fourth-order valence-corrected chi connectivity index (χ4v) is 4.99.